The van der Waals surface area contributed by atoms with Gasteiger partial charge < -0.3 is 16.2 Å². The van der Waals surface area contributed by atoms with Crippen LogP contribution in [0.2, 0.25) is 0 Å². The Bertz CT molecular complexity index is 242. The van der Waals surface area contributed by atoms with Gasteiger partial charge >= 0.3 is 5.97 Å². The number of nitrogens with two attached hydrogens (primary N) is 1. The first kappa shape index (κ1) is 11.1. The number of ketones is 1. The molecule has 1 aliphatic rings. The van der Waals surface area contributed by atoms with Crippen LogP contribution in [0.25, 0.3) is 0 Å². The number of nitrogens with one attached hydrogen (secondary N) is 1. The molecule has 0 aromatic rings. The van der Waals surface area contributed by atoms with E-state index in [0.29, 0.717) is 0 Å². The second-order valence-corrected chi connectivity index (χ2v) is 3.68. The maximum Gasteiger partial charge on any atom is 0.303 e. The lowest BCUT2D eigenvalue weighted by Crippen LogP contribution is -2.59. The molecule has 80 valence electrons. The van der Waals surface area contributed by atoms with Crippen molar-refractivity contribution in [3.63, 3.8) is 0 Å². The van der Waals surface area contributed by atoms with Gasteiger partial charge in [0.15, 0.2) is 0 Å². The molecule has 5 nitrogen and oxygen atoms in total. The van der Waals surface area contributed by atoms with E-state index in [4.69, 9.17) is 10.8 Å². The van der Waals surface area contributed by atoms with Crippen molar-refractivity contribution >= 4 is 11.8 Å². The molecule has 14 heavy (non-hydrogen) atoms. The van der Waals surface area contributed by atoms with E-state index >= 15 is 0 Å². The van der Waals surface area contributed by atoms with E-state index in [0.717, 1.165) is 6.42 Å². The molecule has 0 aliphatic heterocycles. The molecule has 0 aromatic heterocycles. The van der Waals surface area contributed by atoms with Crippen molar-refractivity contribution in [1.82, 2.24) is 5.32 Å². The van der Waals surface area contributed by atoms with Crippen LogP contribution in [0.4, 0.5) is 0 Å². The number of carbonyl (C=O) groups is 2. The number of carbonyl (C=O) groups excluding carboxylic acids is 1. The lowest BCUT2D eigenvalue weighted by Gasteiger charge is -2.41. The van der Waals surface area contributed by atoms with Crippen LogP contribution >= 0.6 is 0 Å². The third-order valence-electron chi connectivity index (χ3n) is 2.75. The lowest BCUT2D eigenvalue weighted by atomic mass is 9.71. The summed E-state index contributed by atoms with van der Waals surface area (Å²) in [6.07, 6.45) is 0.782. The molecule has 1 aliphatic carbocycles. The minimum atomic E-state index is -0.938. The molecule has 3 atom stereocenters. The summed E-state index contributed by atoms with van der Waals surface area (Å²) in [5.74, 6) is -1.17. The van der Waals surface area contributed by atoms with Crippen LogP contribution in [-0.4, -0.2) is 36.0 Å². The second-order valence-electron chi connectivity index (χ2n) is 3.68. The highest BCUT2D eigenvalue weighted by atomic mass is 16.4. The third-order valence-corrected chi connectivity index (χ3v) is 2.75. The van der Waals surface area contributed by atoms with Crippen LogP contribution in [-0.2, 0) is 9.59 Å². The first-order chi connectivity index (χ1) is 6.56. The van der Waals surface area contributed by atoms with E-state index in [1.54, 1.807) is 7.05 Å². The summed E-state index contributed by atoms with van der Waals surface area (Å²) in [7, 11) is 1.79. The van der Waals surface area contributed by atoms with Crippen molar-refractivity contribution in [3.8, 4) is 0 Å². The Kier molecular flexibility index (Phi) is 3.60. The van der Waals surface area contributed by atoms with Gasteiger partial charge in [0.2, 0.25) is 0 Å². The quantitative estimate of drug-likeness (QED) is 0.548. The highest BCUT2D eigenvalue weighted by molar-refractivity contribution is 5.86. The average molecular weight is 200 g/mol. The molecule has 0 radical (unpaired) electrons. The molecule has 3 unspecified atom stereocenters. The predicted molar refractivity (Wildman–Crippen MR) is 50.8 cm³/mol. The molecule has 1 fully saturated rings. The number of carboxylic acid groups (broad SMARTS) is 1. The molecule has 1 saturated carbocycles. The Hall–Kier alpha value is -0.940. The van der Waals surface area contributed by atoms with Crippen LogP contribution in [0.1, 0.15) is 19.3 Å². The summed E-state index contributed by atoms with van der Waals surface area (Å²) in [6, 6.07) is 0.0278. The molecule has 0 aromatic carbocycles. The number of hydrogen-bond donors (Lipinski definition) is 3. The Morgan fingerprint density at radius 1 is 1.50 bits per heavy atom. The van der Waals surface area contributed by atoms with Crippen molar-refractivity contribution in [1.29, 1.82) is 0 Å². The Morgan fingerprint density at radius 2 is 2.14 bits per heavy atom. The van der Waals surface area contributed by atoms with Gasteiger partial charge in [-0.3, -0.25) is 9.59 Å². The maximum absolute atomic E-state index is 11.5. The smallest absolute Gasteiger partial charge is 0.303 e. The van der Waals surface area contributed by atoms with Crippen molar-refractivity contribution in [2.75, 3.05) is 7.05 Å². The average Bonchev–Trinajstić information content (AvgIpc) is 2.10. The van der Waals surface area contributed by atoms with Crippen molar-refractivity contribution in [2.24, 2.45) is 11.7 Å². The SMILES string of the molecule is CNC1CC(N)C1C(=O)CCC(=O)O. The van der Waals surface area contributed by atoms with Crippen LogP contribution < -0.4 is 11.1 Å². The zero-order valence-corrected chi connectivity index (χ0v) is 8.19. The number of aliphatic carboxylic acids is 1. The molecule has 0 spiro atoms. The van der Waals surface area contributed by atoms with Gasteiger partial charge in [-0.2, -0.15) is 0 Å². The first-order valence-electron chi connectivity index (χ1n) is 4.73. The van der Waals surface area contributed by atoms with Crippen molar-refractivity contribution in [3.05, 3.63) is 0 Å². The molecule has 0 bridgehead atoms. The van der Waals surface area contributed by atoms with Crippen LogP contribution in [0.3, 0.4) is 0 Å². The molecule has 1 rings (SSSR count). The second kappa shape index (κ2) is 4.52. The molecule has 5 heteroatoms. The van der Waals surface area contributed by atoms with E-state index in [1.807, 2.05) is 0 Å². The predicted octanol–water partition coefficient (Wildman–Crippen LogP) is -0.644. The molecule has 0 heterocycles. The van der Waals surface area contributed by atoms with Gasteiger partial charge in [-0.1, -0.05) is 0 Å². The monoisotopic (exact) mass is 200 g/mol. The van der Waals surface area contributed by atoms with Crippen LogP contribution in [0.5, 0.6) is 0 Å². The van der Waals surface area contributed by atoms with Crippen LogP contribution in [0, 0.1) is 5.92 Å². The summed E-state index contributed by atoms with van der Waals surface area (Å²) < 4.78 is 0. The highest BCUT2D eigenvalue weighted by Gasteiger charge is 2.42. The Morgan fingerprint density at radius 3 is 2.57 bits per heavy atom. The van der Waals surface area contributed by atoms with Gasteiger partial charge in [0, 0.05) is 24.4 Å². The van der Waals surface area contributed by atoms with Crippen LogP contribution in [0.15, 0.2) is 0 Å². The third kappa shape index (κ3) is 2.30. The number of rotatable bonds is 5. The Labute approximate surface area is 82.7 Å². The fourth-order valence-electron chi connectivity index (χ4n) is 1.85. The van der Waals surface area contributed by atoms with Gasteiger partial charge in [0.05, 0.1) is 6.42 Å². The molecule has 0 saturated heterocycles. The zero-order chi connectivity index (χ0) is 10.7. The van der Waals surface area contributed by atoms with Crippen molar-refractivity contribution in [2.45, 2.75) is 31.3 Å². The highest BCUT2D eigenvalue weighted by Crippen LogP contribution is 2.28. The van der Waals surface area contributed by atoms with E-state index in [1.165, 1.54) is 0 Å². The normalized spacial score (nSPS) is 30.9. The number of Topliss-reactive ketones (excluding diaryl/α,β-unsaturated/α-hetero) is 1. The van der Waals surface area contributed by atoms with Gasteiger partial charge in [-0.25, -0.2) is 0 Å². The topological polar surface area (TPSA) is 92.4 Å². The lowest BCUT2D eigenvalue weighted by molar-refractivity contribution is -0.139. The summed E-state index contributed by atoms with van der Waals surface area (Å²) in [5, 5.41) is 11.4. The van der Waals surface area contributed by atoms with Gasteiger partial charge in [-0.15, -0.1) is 0 Å². The molecular formula is C9H16N2O3. The van der Waals surface area contributed by atoms with Gasteiger partial charge in [0.1, 0.15) is 5.78 Å². The van der Waals surface area contributed by atoms with Gasteiger partial charge in [0.25, 0.3) is 0 Å². The van der Waals surface area contributed by atoms with E-state index in [-0.39, 0.29) is 36.6 Å². The molecule has 0 amide bonds. The standard InChI is InChI=1S/C9H16N2O3/c1-11-6-4-5(10)9(6)7(12)2-3-8(13)14/h5-6,9,11H,2-4,10H2,1H3,(H,13,14). The summed E-state index contributed by atoms with van der Waals surface area (Å²) in [4.78, 5) is 21.8. The Balaban J connectivity index is 2.39. The summed E-state index contributed by atoms with van der Waals surface area (Å²) in [5.41, 5.74) is 5.69. The zero-order valence-electron chi connectivity index (χ0n) is 8.19. The summed E-state index contributed by atoms with van der Waals surface area (Å²) >= 11 is 0. The first-order valence-corrected chi connectivity index (χ1v) is 4.73. The molecule has 4 N–H and O–H groups in total. The number of carboxylic acids is 1. The fourth-order valence-corrected chi connectivity index (χ4v) is 1.85. The molecular weight excluding hydrogens is 184 g/mol. The van der Waals surface area contributed by atoms with Gasteiger partial charge in [-0.05, 0) is 13.5 Å². The number of hydrogen-bond acceptors (Lipinski definition) is 4. The maximum atomic E-state index is 11.5. The largest absolute Gasteiger partial charge is 0.481 e. The minimum absolute atomic E-state index is 0.0366. The van der Waals surface area contributed by atoms with E-state index in [9.17, 15) is 9.59 Å². The van der Waals surface area contributed by atoms with E-state index < -0.39 is 5.97 Å². The fraction of sp³-hybridized carbons (Fsp3) is 0.778. The van der Waals surface area contributed by atoms with Crippen molar-refractivity contribution < 1.29 is 14.7 Å². The summed E-state index contributed by atoms with van der Waals surface area (Å²) in [6.45, 7) is 0. The van der Waals surface area contributed by atoms with E-state index in [2.05, 4.69) is 5.32 Å². The minimum Gasteiger partial charge on any atom is -0.481 e.